The standard InChI is InChI=1S/C17H17N5O2S3/c1-22-10-15(18-11-22)27(23,24)19-7-6-12-16(13-4-2-8-25-13)20-21-17(12)14-5-3-9-26-14/h2-5,8-11,19H,6-7H2,1H3,(H,20,21). The van der Waals surface area contributed by atoms with Gasteiger partial charge in [0.25, 0.3) is 10.0 Å². The van der Waals surface area contributed by atoms with Gasteiger partial charge in [0.1, 0.15) is 5.69 Å². The Bertz CT molecular complexity index is 1070. The number of H-pyrrole nitrogens is 1. The summed E-state index contributed by atoms with van der Waals surface area (Å²) in [6.07, 6.45) is 3.46. The van der Waals surface area contributed by atoms with E-state index in [1.165, 1.54) is 12.5 Å². The second-order valence-electron chi connectivity index (χ2n) is 5.91. The van der Waals surface area contributed by atoms with Crippen molar-refractivity contribution in [2.45, 2.75) is 11.4 Å². The minimum Gasteiger partial charge on any atom is -0.339 e. The molecule has 4 heterocycles. The Morgan fingerprint density at radius 1 is 1.19 bits per heavy atom. The van der Waals surface area contributed by atoms with Crippen LogP contribution in [0.5, 0.6) is 0 Å². The van der Waals surface area contributed by atoms with Gasteiger partial charge < -0.3 is 4.57 Å². The first-order valence-electron chi connectivity index (χ1n) is 8.17. The van der Waals surface area contributed by atoms with Crippen molar-refractivity contribution in [3.63, 3.8) is 0 Å². The van der Waals surface area contributed by atoms with Crippen LogP contribution in [0.15, 0.2) is 52.6 Å². The summed E-state index contributed by atoms with van der Waals surface area (Å²) < 4.78 is 29.0. The van der Waals surface area contributed by atoms with Gasteiger partial charge in [-0.15, -0.1) is 22.7 Å². The fourth-order valence-corrected chi connectivity index (χ4v) is 5.26. The van der Waals surface area contributed by atoms with Crippen molar-refractivity contribution in [1.29, 1.82) is 0 Å². The van der Waals surface area contributed by atoms with Crippen molar-refractivity contribution in [2.75, 3.05) is 6.54 Å². The fraction of sp³-hybridized carbons (Fsp3) is 0.176. The number of aryl methyl sites for hydroxylation is 1. The Labute approximate surface area is 164 Å². The summed E-state index contributed by atoms with van der Waals surface area (Å²) in [4.78, 5) is 6.05. The van der Waals surface area contributed by atoms with Crippen molar-refractivity contribution >= 4 is 32.7 Å². The molecule has 0 aliphatic rings. The zero-order valence-corrected chi connectivity index (χ0v) is 16.9. The van der Waals surface area contributed by atoms with E-state index in [4.69, 9.17) is 0 Å². The number of thiophene rings is 2. The minimum absolute atomic E-state index is 0.0224. The molecule has 0 aliphatic heterocycles. The smallest absolute Gasteiger partial charge is 0.259 e. The maximum absolute atomic E-state index is 12.4. The van der Waals surface area contributed by atoms with Crippen LogP contribution in [0.2, 0.25) is 0 Å². The number of rotatable bonds is 7. The molecule has 0 radical (unpaired) electrons. The van der Waals surface area contributed by atoms with E-state index >= 15 is 0 Å². The largest absolute Gasteiger partial charge is 0.339 e. The molecule has 0 aliphatic carbocycles. The van der Waals surface area contributed by atoms with Crippen molar-refractivity contribution < 1.29 is 8.42 Å². The molecule has 0 amide bonds. The summed E-state index contributed by atoms with van der Waals surface area (Å²) >= 11 is 3.23. The highest BCUT2D eigenvalue weighted by atomic mass is 32.2. The molecule has 4 rings (SSSR count). The number of aromatic amines is 1. The topological polar surface area (TPSA) is 92.7 Å². The van der Waals surface area contributed by atoms with Gasteiger partial charge in [0.15, 0.2) is 5.03 Å². The highest BCUT2D eigenvalue weighted by molar-refractivity contribution is 7.89. The normalized spacial score (nSPS) is 11.9. The average molecular weight is 420 g/mol. The molecule has 0 atom stereocenters. The number of nitrogens with zero attached hydrogens (tertiary/aromatic N) is 3. The second-order valence-corrected chi connectivity index (χ2v) is 9.51. The number of imidazole rings is 1. The predicted octanol–water partition coefficient (Wildman–Crippen LogP) is 3.12. The van der Waals surface area contributed by atoms with E-state index in [0.717, 1.165) is 26.7 Å². The Hall–Kier alpha value is -2.27. The quantitative estimate of drug-likeness (QED) is 0.481. The van der Waals surface area contributed by atoms with Gasteiger partial charge in [-0.1, -0.05) is 12.1 Å². The molecular formula is C17H17N5O2S3. The Kier molecular flexibility index (Phi) is 4.96. The number of sulfonamides is 1. The summed E-state index contributed by atoms with van der Waals surface area (Å²) in [5, 5.41) is 11.6. The molecule has 4 aromatic heterocycles. The molecule has 7 nitrogen and oxygen atoms in total. The van der Waals surface area contributed by atoms with Gasteiger partial charge in [0.05, 0.1) is 21.8 Å². The maximum atomic E-state index is 12.4. The molecule has 4 aromatic rings. The molecule has 27 heavy (non-hydrogen) atoms. The zero-order chi connectivity index (χ0) is 18.9. The van der Waals surface area contributed by atoms with E-state index in [1.54, 1.807) is 34.3 Å². The van der Waals surface area contributed by atoms with E-state index in [-0.39, 0.29) is 11.6 Å². The molecule has 0 spiro atoms. The number of hydrogen-bond acceptors (Lipinski definition) is 6. The molecule has 0 saturated carbocycles. The Morgan fingerprint density at radius 2 is 1.93 bits per heavy atom. The first-order chi connectivity index (χ1) is 13.0. The molecule has 10 heteroatoms. The van der Waals surface area contributed by atoms with E-state index in [0.29, 0.717) is 6.42 Å². The summed E-state index contributed by atoms with van der Waals surface area (Å²) in [5.41, 5.74) is 2.81. The highest BCUT2D eigenvalue weighted by Crippen LogP contribution is 2.34. The molecule has 0 aromatic carbocycles. The maximum Gasteiger partial charge on any atom is 0.259 e. The molecular weight excluding hydrogens is 402 g/mol. The van der Waals surface area contributed by atoms with Gasteiger partial charge in [0, 0.05) is 25.4 Å². The van der Waals surface area contributed by atoms with E-state index in [9.17, 15) is 8.42 Å². The van der Waals surface area contributed by atoms with Gasteiger partial charge >= 0.3 is 0 Å². The van der Waals surface area contributed by atoms with E-state index in [2.05, 4.69) is 19.9 Å². The first kappa shape index (κ1) is 18.1. The molecule has 2 N–H and O–H groups in total. The van der Waals surface area contributed by atoms with Gasteiger partial charge in [0.2, 0.25) is 0 Å². The lowest BCUT2D eigenvalue weighted by molar-refractivity contribution is 0.578. The molecule has 0 saturated heterocycles. The number of aromatic nitrogens is 4. The summed E-state index contributed by atoms with van der Waals surface area (Å²) in [6.45, 7) is 0.259. The lowest BCUT2D eigenvalue weighted by atomic mass is 10.1. The first-order valence-corrected chi connectivity index (χ1v) is 11.4. The van der Waals surface area contributed by atoms with Crippen molar-refractivity contribution in [2.24, 2.45) is 7.05 Å². The van der Waals surface area contributed by atoms with Crippen LogP contribution in [0.3, 0.4) is 0 Å². The van der Waals surface area contributed by atoms with Crippen molar-refractivity contribution in [1.82, 2.24) is 24.5 Å². The van der Waals surface area contributed by atoms with Crippen LogP contribution in [0.4, 0.5) is 0 Å². The predicted molar refractivity (Wildman–Crippen MR) is 107 cm³/mol. The third-order valence-corrected chi connectivity index (χ3v) is 7.12. The van der Waals surface area contributed by atoms with E-state index < -0.39 is 10.0 Å². The summed E-state index contributed by atoms with van der Waals surface area (Å²) in [6, 6.07) is 8.00. The minimum atomic E-state index is -3.63. The van der Waals surface area contributed by atoms with Gasteiger partial charge in [-0.25, -0.2) is 18.1 Å². The van der Waals surface area contributed by atoms with Gasteiger partial charge in [-0.3, -0.25) is 5.10 Å². The lowest BCUT2D eigenvalue weighted by Gasteiger charge is -2.06. The Balaban J connectivity index is 1.58. The third kappa shape index (κ3) is 3.74. The molecule has 140 valence electrons. The van der Waals surface area contributed by atoms with Gasteiger partial charge in [-0.05, 0) is 29.3 Å². The summed E-state index contributed by atoms with van der Waals surface area (Å²) in [7, 11) is -1.90. The van der Waals surface area contributed by atoms with Crippen LogP contribution in [0, 0.1) is 0 Å². The summed E-state index contributed by atoms with van der Waals surface area (Å²) in [5.74, 6) is 0. The van der Waals surface area contributed by atoms with Crippen molar-refractivity contribution in [3.8, 4) is 21.1 Å². The zero-order valence-electron chi connectivity index (χ0n) is 14.4. The monoisotopic (exact) mass is 419 g/mol. The highest BCUT2D eigenvalue weighted by Gasteiger charge is 2.20. The second kappa shape index (κ2) is 7.39. The van der Waals surface area contributed by atoms with Crippen LogP contribution in [0.1, 0.15) is 5.56 Å². The van der Waals surface area contributed by atoms with Crippen LogP contribution in [-0.2, 0) is 23.5 Å². The Morgan fingerprint density at radius 3 is 2.56 bits per heavy atom. The van der Waals surface area contributed by atoms with Gasteiger partial charge in [-0.2, -0.15) is 5.10 Å². The van der Waals surface area contributed by atoms with Crippen LogP contribution in [-0.4, -0.2) is 34.7 Å². The fourth-order valence-electron chi connectivity index (χ4n) is 2.76. The van der Waals surface area contributed by atoms with Crippen molar-refractivity contribution in [3.05, 3.63) is 53.1 Å². The SMILES string of the molecule is Cn1cnc(S(=O)(=O)NCCc2c(-c3cccs3)n[nH]c2-c2cccs2)c1. The van der Waals surface area contributed by atoms with Crippen LogP contribution < -0.4 is 4.72 Å². The lowest BCUT2D eigenvalue weighted by Crippen LogP contribution is -2.26. The average Bonchev–Trinajstić information content (AvgIpc) is 3.41. The molecule has 0 unspecified atom stereocenters. The van der Waals surface area contributed by atoms with Crippen LogP contribution >= 0.6 is 22.7 Å². The number of nitrogens with one attached hydrogen (secondary N) is 2. The molecule has 0 bridgehead atoms. The van der Waals surface area contributed by atoms with Crippen LogP contribution in [0.25, 0.3) is 21.1 Å². The molecule has 0 fully saturated rings. The number of hydrogen-bond donors (Lipinski definition) is 2. The third-order valence-electron chi connectivity index (χ3n) is 4.01. The van der Waals surface area contributed by atoms with E-state index in [1.807, 2.05) is 35.0 Å².